The van der Waals surface area contributed by atoms with Crippen molar-refractivity contribution in [3.05, 3.63) is 5.51 Å². The second-order valence-corrected chi connectivity index (χ2v) is 4.23. The Hall–Kier alpha value is -0.640. The topological polar surface area (TPSA) is 29.0 Å². The van der Waals surface area contributed by atoms with Crippen LogP contribution in [0, 0.1) is 5.92 Å². The van der Waals surface area contributed by atoms with Crippen molar-refractivity contribution < 1.29 is 0 Å². The van der Waals surface area contributed by atoms with Crippen LogP contribution in [0.25, 0.3) is 0 Å². The third-order valence-electron chi connectivity index (χ3n) is 2.73. The fourth-order valence-electron chi connectivity index (χ4n) is 1.66. The average molecular weight is 213 g/mol. The molecule has 1 aliphatic rings. The Morgan fingerprint density at radius 2 is 2.14 bits per heavy atom. The predicted octanol–water partition coefficient (Wildman–Crippen LogP) is 2.80. The van der Waals surface area contributed by atoms with Crippen molar-refractivity contribution >= 4 is 16.5 Å². The molecule has 4 heteroatoms. The lowest BCUT2D eigenvalue weighted by Gasteiger charge is -2.21. The van der Waals surface area contributed by atoms with Crippen molar-refractivity contribution in [1.82, 2.24) is 10.2 Å². The quantitative estimate of drug-likeness (QED) is 0.718. The van der Waals surface area contributed by atoms with E-state index in [0.29, 0.717) is 6.04 Å². The van der Waals surface area contributed by atoms with Gasteiger partial charge in [0.2, 0.25) is 5.13 Å². The molecule has 1 saturated heterocycles. The molecule has 0 spiro atoms. The first-order valence-electron chi connectivity index (χ1n) is 5.32. The summed E-state index contributed by atoms with van der Waals surface area (Å²) in [6.45, 7) is 9.70. The molecule has 2 rings (SSSR count). The molecule has 14 heavy (non-hydrogen) atoms. The van der Waals surface area contributed by atoms with Gasteiger partial charge in [0.25, 0.3) is 0 Å². The maximum atomic E-state index is 4.08. The number of hydrogen-bond donors (Lipinski definition) is 0. The molecule has 1 aromatic rings. The standard InChI is InChI=1S/C8H13N3S.C2H6/c1-6-3-4-11(7(6)2)8-10-9-5-12-8;1-2/h5-7H,3-4H2,1-2H3;1-2H3. The first-order valence-corrected chi connectivity index (χ1v) is 6.20. The van der Waals surface area contributed by atoms with Crippen LogP contribution in [-0.2, 0) is 0 Å². The molecule has 1 aliphatic heterocycles. The van der Waals surface area contributed by atoms with Crippen LogP contribution >= 0.6 is 11.3 Å². The lowest BCUT2D eigenvalue weighted by molar-refractivity contribution is 0.545. The van der Waals surface area contributed by atoms with E-state index in [0.717, 1.165) is 17.6 Å². The van der Waals surface area contributed by atoms with Crippen molar-refractivity contribution in [1.29, 1.82) is 0 Å². The summed E-state index contributed by atoms with van der Waals surface area (Å²) in [7, 11) is 0. The highest BCUT2D eigenvalue weighted by Crippen LogP contribution is 2.29. The smallest absolute Gasteiger partial charge is 0.208 e. The maximum Gasteiger partial charge on any atom is 0.208 e. The molecule has 2 atom stereocenters. The minimum absolute atomic E-state index is 0.623. The third kappa shape index (κ3) is 2.23. The van der Waals surface area contributed by atoms with Gasteiger partial charge < -0.3 is 4.90 Å². The molecule has 0 bridgehead atoms. The van der Waals surface area contributed by atoms with Crippen molar-refractivity contribution in [2.24, 2.45) is 5.92 Å². The van der Waals surface area contributed by atoms with Crippen molar-refractivity contribution in [3.63, 3.8) is 0 Å². The highest BCUT2D eigenvalue weighted by Gasteiger charge is 2.28. The summed E-state index contributed by atoms with van der Waals surface area (Å²) in [6.07, 6.45) is 1.28. The Morgan fingerprint density at radius 1 is 1.43 bits per heavy atom. The van der Waals surface area contributed by atoms with E-state index in [-0.39, 0.29) is 0 Å². The molecule has 0 saturated carbocycles. The molecule has 0 aromatic carbocycles. The summed E-state index contributed by atoms with van der Waals surface area (Å²) in [6, 6.07) is 0.623. The molecule has 0 N–H and O–H groups in total. The van der Waals surface area contributed by atoms with Gasteiger partial charge in [-0.1, -0.05) is 32.1 Å². The van der Waals surface area contributed by atoms with Gasteiger partial charge in [-0.05, 0) is 19.3 Å². The highest BCUT2D eigenvalue weighted by molar-refractivity contribution is 7.13. The Labute approximate surface area is 90.2 Å². The van der Waals surface area contributed by atoms with E-state index in [1.807, 2.05) is 13.8 Å². The highest BCUT2D eigenvalue weighted by atomic mass is 32.1. The van der Waals surface area contributed by atoms with Crippen LogP contribution in [0.1, 0.15) is 34.1 Å². The van der Waals surface area contributed by atoms with Crippen LogP contribution in [0.5, 0.6) is 0 Å². The summed E-state index contributed by atoms with van der Waals surface area (Å²) < 4.78 is 0. The van der Waals surface area contributed by atoms with Crippen LogP contribution in [0.2, 0.25) is 0 Å². The molecule has 80 valence electrons. The van der Waals surface area contributed by atoms with Crippen molar-refractivity contribution in [3.8, 4) is 0 Å². The molecule has 0 aliphatic carbocycles. The van der Waals surface area contributed by atoms with Gasteiger partial charge in [-0.3, -0.25) is 0 Å². The van der Waals surface area contributed by atoms with Gasteiger partial charge in [-0.2, -0.15) is 0 Å². The summed E-state index contributed by atoms with van der Waals surface area (Å²) in [5.74, 6) is 0.786. The first-order chi connectivity index (χ1) is 6.79. The number of anilines is 1. The van der Waals surface area contributed by atoms with E-state index in [1.165, 1.54) is 6.42 Å². The van der Waals surface area contributed by atoms with E-state index < -0.39 is 0 Å². The molecule has 2 unspecified atom stereocenters. The largest absolute Gasteiger partial charge is 0.344 e. The van der Waals surface area contributed by atoms with Crippen LogP contribution < -0.4 is 4.90 Å². The van der Waals surface area contributed by atoms with Crippen molar-refractivity contribution in [2.45, 2.75) is 40.2 Å². The van der Waals surface area contributed by atoms with Crippen LogP contribution in [-0.4, -0.2) is 22.8 Å². The fourth-order valence-corrected chi connectivity index (χ4v) is 2.33. The number of rotatable bonds is 1. The second-order valence-electron chi connectivity index (χ2n) is 3.42. The van der Waals surface area contributed by atoms with Crippen LogP contribution in [0.3, 0.4) is 0 Å². The maximum absolute atomic E-state index is 4.08. The van der Waals surface area contributed by atoms with Gasteiger partial charge in [0.05, 0.1) is 0 Å². The molecule has 0 radical (unpaired) electrons. The van der Waals surface area contributed by atoms with Gasteiger partial charge in [-0.15, -0.1) is 10.2 Å². The fraction of sp³-hybridized carbons (Fsp3) is 0.800. The van der Waals surface area contributed by atoms with E-state index >= 15 is 0 Å². The lowest BCUT2D eigenvalue weighted by atomic mass is 10.1. The molecule has 3 nitrogen and oxygen atoms in total. The Bertz CT molecular complexity index is 248. The first kappa shape index (κ1) is 11.4. The molecular formula is C10H19N3S. The van der Waals surface area contributed by atoms with E-state index in [2.05, 4.69) is 28.9 Å². The van der Waals surface area contributed by atoms with E-state index in [1.54, 1.807) is 16.8 Å². The Kier molecular flexibility index (Phi) is 4.32. The summed E-state index contributed by atoms with van der Waals surface area (Å²) in [5, 5.41) is 9.01. The van der Waals surface area contributed by atoms with Gasteiger partial charge in [-0.25, -0.2) is 0 Å². The molecular weight excluding hydrogens is 194 g/mol. The normalized spacial score (nSPS) is 25.9. The zero-order valence-corrected chi connectivity index (χ0v) is 10.2. The zero-order valence-electron chi connectivity index (χ0n) is 9.40. The van der Waals surface area contributed by atoms with E-state index in [4.69, 9.17) is 0 Å². The zero-order chi connectivity index (χ0) is 10.6. The second kappa shape index (κ2) is 5.29. The molecule has 2 heterocycles. The summed E-state index contributed by atoms with van der Waals surface area (Å²) in [4.78, 5) is 2.35. The van der Waals surface area contributed by atoms with Gasteiger partial charge in [0.1, 0.15) is 5.51 Å². The number of hydrogen-bond acceptors (Lipinski definition) is 4. The third-order valence-corrected chi connectivity index (χ3v) is 3.46. The Balaban J connectivity index is 0.000000461. The number of nitrogens with zero attached hydrogens (tertiary/aromatic N) is 3. The van der Waals surface area contributed by atoms with E-state index in [9.17, 15) is 0 Å². The van der Waals surface area contributed by atoms with Crippen LogP contribution in [0.15, 0.2) is 5.51 Å². The summed E-state index contributed by atoms with van der Waals surface area (Å²) >= 11 is 1.63. The minimum Gasteiger partial charge on any atom is -0.344 e. The number of aromatic nitrogens is 2. The lowest BCUT2D eigenvalue weighted by Crippen LogP contribution is -2.28. The van der Waals surface area contributed by atoms with Gasteiger partial charge >= 0.3 is 0 Å². The monoisotopic (exact) mass is 213 g/mol. The Morgan fingerprint density at radius 3 is 2.57 bits per heavy atom. The van der Waals surface area contributed by atoms with Gasteiger partial charge in [0.15, 0.2) is 0 Å². The SMILES string of the molecule is CC.CC1CCN(c2nncs2)C1C. The summed E-state index contributed by atoms with van der Waals surface area (Å²) in [5.41, 5.74) is 1.80. The average Bonchev–Trinajstić information content (AvgIpc) is 2.82. The minimum atomic E-state index is 0.623. The molecule has 1 fully saturated rings. The molecule has 0 amide bonds. The predicted molar refractivity (Wildman–Crippen MR) is 61.8 cm³/mol. The van der Waals surface area contributed by atoms with Gasteiger partial charge in [0, 0.05) is 12.6 Å². The van der Waals surface area contributed by atoms with Crippen LogP contribution in [0.4, 0.5) is 5.13 Å². The molecule has 1 aromatic heterocycles. The van der Waals surface area contributed by atoms with Crippen molar-refractivity contribution in [2.75, 3.05) is 11.4 Å².